The molecule has 5 heteroatoms. The van der Waals surface area contributed by atoms with Gasteiger partial charge in [-0.05, 0) is 11.6 Å². The van der Waals surface area contributed by atoms with Gasteiger partial charge in [0.15, 0.2) is 0 Å². The number of hydrogen-bond donors (Lipinski definition) is 1. The van der Waals surface area contributed by atoms with E-state index in [0.29, 0.717) is 12.1 Å². The fourth-order valence-corrected chi connectivity index (χ4v) is 2.83. The second-order valence-corrected chi connectivity index (χ2v) is 6.07. The minimum atomic E-state index is -0.478. The van der Waals surface area contributed by atoms with Crippen LogP contribution in [0.15, 0.2) is 60.8 Å². The molecule has 0 saturated heterocycles. The summed E-state index contributed by atoms with van der Waals surface area (Å²) in [4.78, 5) is 23.9. The Bertz CT molecular complexity index is 900. The number of para-hydroxylation sites is 1. The van der Waals surface area contributed by atoms with E-state index in [1.54, 1.807) is 6.20 Å². The minimum absolute atomic E-state index is 0.253. The van der Waals surface area contributed by atoms with Crippen molar-refractivity contribution in [2.75, 3.05) is 0 Å². The number of benzene rings is 2. The molecule has 0 aliphatic carbocycles. The predicted molar refractivity (Wildman–Crippen MR) is 95.9 cm³/mol. The van der Waals surface area contributed by atoms with E-state index in [9.17, 15) is 9.59 Å². The number of esters is 1. The molecule has 128 valence electrons. The Kier molecular flexibility index (Phi) is 4.84. The van der Waals surface area contributed by atoms with E-state index in [1.165, 1.54) is 0 Å². The largest absolute Gasteiger partial charge is 0.461 e. The highest BCUT2D eigenvalue weighted by Crippen LogP contribution is 2.22. The van der Waals surface area contributed by atoms with E-state index in [-0.39, 0.29) is 18.5 Å². The number of fused-ring (bicyclic) bond motifs is 1. The van der Waals surface area contributed by atoms with E-state index in [2.05, 4.69) is 0 Å². The number of hydrogen-bond acceptors (Lipinski definition) is 3. The van der Waals surface area contributed by atoms with Crippen molar-refractivity contribution in [3.8, 4) is 0 Å². The van der Waals surface area contributed by atoms with Gasteiger partial charge in [0.2, 0.25) is 0 Å². The van der Waals surface area contributed by atoms with Crippen molar-refractivity contribution in [1.82, 2.24) is 4.57 Å². The van der Waals surface area contributed by atoms with Crippen molar-refractivity contribution in [2.45, 2.75) is 20.1 Å². The van der Waals surface area contributed by atoms with Crippen LogP contribution in [0.25, 0.3) is 10.9 Å². The third-order valence-corrected chi connectivity index (χ3v) is 4.15. The number of carbonyl (C=O) groups is 2. The molecule has 0 bridgehead atoms. The molecule has 1 unspecified atom stereocenters. The SMILES string of the molecule is CC(Cn1cc(C(N)=O)c2ccccc21)C(=O)OCc1ccccc1. The Morgan fingerprint density at radius 3 is 2.48 bits per heavy atom. The molecule has 1 heterocycles. The summed E-state index contributed by atoms with van der Waals surface area (Å²) in [7, 11) is 0. The molecular weight excluding hydrogens is 316 g/mol. The van der Waals surface area contributed by atoms with E-state index in [1.807, 2.05) is 66.1 Å². The van der Waals surface area contributed by atoms with Gasteiger partial charge >= 0.3 is 5.97 Å². The summed E-state index contributed by atoms with van der Waals surface area (Å²) in [5, 5.41) is 0.792. The van der Waals surface area contributed by atoms with Gasteiger partial charge in [-0.3, -0.25) is 9.59 Å². The first-order valence-corrected chi connectivity index (χ1v) is 8.14. The van der Waals surface area contributed by atoms with Crippen LogP contribution in [0.1, 0.15) is 22.8 Å². The number of primary amides is 1. The van der Waals surface area contributed by atoms with Crippen LogP contribution < -0.4 is 5.73 Å². The molecule has 1 aromatic heterocycles. The quantitative estimate of drug-likeness (QED) is 0.703. The Balaban J connectivity index is 1.72. The van der Waals surface area contributed by atoms with Gasteiger partial charge in [-0.1, -0.05) is 55.5 Å². The van der Waals surface area contributed by atoms with Crippen LogP contribution in [0, 0.1) is 5.92 Å². The van der Waals surface area contributed by atoms with Gasteiger partial charge in [0.25, 0.3) is 5.91 Å². The summed E-state index contributed by atoms with van der Waals surface area (Å²) in [6.07, 6.45) is 1.70. The lowest BCUT2D eigenvalue weighted by Gasteiger charge is -2.13. The van der Waals surface area contributed by atoms with Crippen LogP contribution in [0.5, 0.6) is 0 Å². The van der Waals surface area contributed by atoms with Crippen molar-refractivity contribution in [3.63, 3.8) is 0 Å². The molecule has 2 N–H and O–H groups in total. The molecule has 3 rings (SSSR count). The van der Waals surface area contributed by atoms with E-state index in [4.69, 9.17) is 10.5 Å². The number of amides is 1. The van der Waals surface area contributed by atoms with E-state index >= 15 is 0 Å². The zero-order chi connectivity index (χ0) is 17.8. The maximum Gasteiger partial charge on any atom is 0.310 e. The maximum absolute atomic E-state index is 12.3. The fraction of sp³-hybridized carbons (Fsp3) is 0.200. The van der Waals surface area contributed by atoms with Crippen LogP contribution in [-0.4, -0.2) is 16.4 Å². The zero-order valence-electron chi connectivity index (χ0n) is 14.0. The summed E-state index contributed by atoms with van der Waals surface area (Å²) in [5.41, 5.74) is 7.73. The topological polar surface area (TPSA) is 74.3 Å². The van der Waals surface area contributed by atoms with Gasteiger partial charge < -0.3 is 15.0 Å². The smallest absolute Gasteiger partial charge is 0.310 e. The molecule has 0 radical (unpaired) electrons. The summed E-state index contributed by atoms with van der Waals surface area (Å²) >= 11 is 0. The molecule has 1 atom stereocenters. The summed E-state index contributed by atoms with van der Waals surface area (Å²) < 4.78 is 7.26. The highest BCUT2D eigenvalue weighted by atomic mass is 16.5. The first kappa shape index (κ1) is 16.8. The van der Waals surface area contributed by atoms with E-state index in [0.717, 1.165) is 16.5 Å². The summed E-state index contributed by atoms with van der Waals surface area (Å²) in [6.45, 7) is 2.48. The average molecular weight is 336 g/mol. The summed E-state index contributed by atoms with van der Waals surface area (Å²) in [6, 6.07) is 17.1. The number of ether oxygens (including phenoxy) is 1. The van der Waals surface area contributed by atoms with Gasteiger partial charge in [0.1, 0.15) is 6.61 Å². The van der Waals surface area contributed by atoms with Crippen molar-refractivity contribution < 1.29 is 14.3 Å². The summed E-state index contributed by atoms with van der Waals surface area (Å²) in [5.74, 6) is -1.10. The van der Waals surface area contributed by atoms with Crippen molar-refractivity contribution in [2.24, 2.45) is 11.7 Å². The third kappa shape index (κ3) is 3.71. The molecule has 0 spiro atoms. The average Bonchev–Trinajstić information content (AvgIpc) is 2.99. The minimum Gasteiger partial charge on any atom is -0.461 e. The second-order valence-electron chi connectivity index (χ2n) is 6.07. The Morgan fingerprint density at radius 1 is 1.08 bits per heavy atom. The predicted octanol–water partition coefficient (Wildman–Crippen LogP) is 3.12. The lowest BCUT2D eigenvalue weighted by molar-refractivity contribution is -0.149. The lowest BCUT2D eigenvalue weighted by atomic mass is 10.1. The Hall–Kier alpha value is -3.08. The molecule has 2 aromatic carbocycles. The number of rotatable bonds is 6. The van der Waals surface area contributed by atoms with Gasteiger partial charge in [0, 0.05) is 23.6 Å². The zero-order valence-corrected chi connectivity index (χ0v) is 14.0. The molecule has 3 aromatic rings. The van der Waals surface area contributed by atoms with Crippen molar-refractivity contribution in [3.05, 3.63) is 71.9 Å². The first-order valence-electron chi connectivity index (χ1n) is 8.14. The maximum atomic E-state index is 12.3. The normalized spacial score (nSPS) is 12.0. The highest BCUT2D eigenvalue weighted by Gasteiger charge is 2.18. The molecule has 5 nitrogen and oxygen atoms in total. The fourth-order valence-electron chi connectivity index (χ4n) is 2.83. The molecule has 0 aliphatic heterocycles. The van der Waals surface area contributed by atoms with Crippen molar-refractivity contribution in [1.29, 1.82) is 0 Å². The van der Waals surface area contributed by atoms with Crippen molar-refractivity contribution >= 4 is 22.8 Å². The number of carbonyl (C=O) groups excluding carboxylic acids is 2. The van der Waals surface area contributed by atoms with Gasteiger partial charge in [-0.15, -0.1) is 0 Å². The molecule has 0 aliphatic rings. The lowest BCUT2D eigenvalue weighted by Crippen LogP contribution is -2.20. The van der Waals surface area contributed by atoms with Gasteiger partial charge in [-0.2, -0.15) is 0 Å². The monoisotopic (exact) mass is 336 g/mol. The van der Waals surface area contributed by atoms with Gasteiger partial charge in [0.05, 0.1) is 11.5 Å². The van der Waals surface area contributed by atoms with Crippen LogP contribution in [0.3, 0.4) is 0 Å². The Morgan fingerprint density at radius 2 is 1.76 bits per heavy atom. The molecular formula is C20H20N2O3. The molecule has 0 saturated carbocycles. The molecule has 25 heavy (non-hydrogen) atoms. The van der Waals surface area contributed by atoms with Crippen LogP contribution in [0.4, 0.5) is 0 Å². The van der Waals surface area contributed by atoms with E-state index < -0.39 is 5.91 Å². The third-order valence-electron chi connectivity index (χ3n) is 4.15. The standard InChI is InChI=1S/C20H20N2O3/c1-14(20(24)25-13-15-7-3-2-4-8-15)11-22-12-17(19(21)23)16-9-5-6-10-18(16)22/h2-10,12,14H,11,13H2,1H3,(H2,21,23). The molecule has 0 fully saturated rings. The van der Waals surface area contributed by atoms with Crippen LogP contribution in [0.2, 0.25) is 0 Å². The van der Waals surface area contributed by atoms with Gasteiger partial charge in [-0.25, -0.2) is 0 Å². The second kappa shape index (κ2) is 7.21. The first-order chi connectivity index (χ1) is 12.1. The Labute approximate surface area is 146 Å². The molecule has 1 amide bonds. The number of nitrogens with zero attached hydrogens (tertiary/aromatic N) is 1. The number of aromatic nitrogens is 1. The van der Waals surface area contributed by atoms with Crippen LogP contribution >= 0.6 is 0 Å². The van der Waals surface area contributed by atoms with Crippen LogP contribution in [-0.2, 0) is 22.7 Å². The number of nitrogens with two attached hydrogens (primary N) is 1. The highest BCUT2D eigenvalue weighted by molar-refractivity contribution is 6.06.